The molecular weight excluding hydrogens is 312 g/mol. The van der Waals surface area contributed by atoms with Gasteiger partial charge in [-0.2, -0.15) is 5.10 Å². The van der Waals surface area contributed by atoms with Gasteiger partial charge in [0.2, 0.25) is 0 Å². The number of nitrogens with zero attached hydrogens (tertiary/aromatic N) is 2. The molecule has 0 aliphatic rings. The van der Waals surface area contributed by atoms with E-state index in [1.807, 2.05) is 31.2 Å². The molecular formula is C16H18N4O2S. The molecule has 0 aliphatic heterocycles. The van der Waals surface area contributed by atoms with Gasteiger partial charge in [0.05, 0.1) is 11.2 Å². The molecule has 23 heavy (non-hydrogen) atoms. The van der Waals surface area contributed by atoms with Crippen molar-refractivity contribution < 1.29 is 9.90 Å². The zero-order valence-corrected chi connectivity index (χ0v) is 13.8. The first-order chi connectivity index (χ1) is 11.1. The molecule has 0 aliphatic carbocycles. The monoisotopic (exact) mass is 330 g/mol. The molecule has 120 valence electrons. The predicted octanol–water partition coefficient (Wildman–Crippen LogP) is 3.56. The zero-order chi connectivity index (χ0) is 16.8. The molecule has 0 atom stereocenters. The van der Waals surface area contributed by atoms with E-state index in [0.29, 0.717) is 0 Å². The second kappa shape index (κ2) is 7.64. The van der Waals surface area contributed by atoms with E-state index in [0.717, 1.165) is 39.4 Å². The Bertz CT molecular complexity index is 817. The van der Waals surface area contributed by atoms with Crippen LogP contribution >= 0.6 is 12.6 Å². The third-order valence-corrected chi connectivity index (χ3v) is 3.68. The van der Waals surface area contributed by atoms with Gasteiger partial charge in [-0.25, -0.2) is 0 Å². The van der Waals surface area contributed by atoms with Gasteiger partial charge in [0.25, 0.3) is 6.47 Å². The van der Waals surface area contributed by atoms with Gasteiger partial charge in [-0.15, -0.1) is 12.6 Å². The van der Waals surface area contributed by atoms with Gasteiger partial charge < -0.3 is 10.4 Å². The third-order valence-electron chi connectivity index (χ3n) is 3.41. The Morgan fingerprint density at radius 1 is 1.39 bits per heavy atom. The minimum atomic E-state index is -0.250. The molecule has 2 heterocycles. The van der Waals surface area contributed by atoms with Crippen LogP contribution in [-0.4, -0.2) is 26.8 Å². The summed E-state index contributed by atoms with van der Waals surface area (Å²) in [4.78, 5) is 13.7. The van der Waals surface area contributed by atoms with Gasteiger partial charge in [0.1, 0.15) is 0 Å². The maximum absolute atomic E-state index is 8.36. The summed E-state index contributed by atoms with van der Waals surface area (Å²) >= 11 is 4.40. The van der Waals surface area contributed by atoms with Crippen LogP contribution in [0.2, 0.25) is 0 Å². The quantitative estimate of drug-likeness (QED) is 0.435. The van der Waals surface area contributed by atoms with Gasteiger partial charge in [-0.05, 0) is 37.6 Å². The van der Waals surface area contributed by atoms with Gasteiger partial charge in [0, 0.05) is 27.7 Å². The SMILES string of the molecule is CCc1c(Nc2ccnc3ccc(S)cc23)n[nH]c1C.O=CO. The Kier molecular flexibility index (Phi) is 5.59. The molecule has 6 nitrogen and oxygen atoms in total. The van der Waals surface area contributed by atoms with Crippen molar-refractivity contribution in [3.05, 3.63) is 41.7 Å². The summed E-state index contributed by atoms with van der Waals surface area (Å²) in [6.07, 6.45) is 2.74. The standard InChI is InChI=1S/C15H16N4S.CH2O2/c1-3-11-9(2)18-19-15(11)17-14-6-7-16-13-5-4-10(20)8-12(13)14;2-1-3/h4-8,20H,3H2,1-2H3,(H2,16,17,18,19);1H,(H,2,3). The molecule has 2 aromatic heterocycles. The maximum atomic E-state index is 8.36. The van der Waals surface area contributed by atoms with Crippen molar-refractivity contribution in [3.8, 4) is 0 Å². The summed E-state index contributed by atoms with van der Waals surface area (Å²) in [7, 11) is 0. The van der Waals surface area contributed by atoms with E-state index in [9.17, 15) is 0 Å². The maximum Gasteiger partial charge on any atom is 0.290 e. The van der Waals surface area contributed by atoms with E-state index in [-0.39, 0.29) is 6.47 Å². The highest BCUT2D eigenvalue weighted by atomic mass is 32.1. The fraction of sp³-hybridized carbons (Fsp3) is 0.188. The van der Waals surface area contributed by atoms with E-state index in [1.54, 1.807) is 6.20 Å². The number of carbonyl (C=O) groups is 1. The summed E-state index contributed by atoms with van der Waals surface area (Å²) < 4.78 is 0. The highest BCUT2D eigenvalue weighted by Gasteiger charge is 2.10. The molecule has 3 rings (SSSR count). The van der Waals surface area contributed by atoms with Crippen LogP contribution in [0, 0.1) is 6.92 Å². The van der Waals surface area contributed by atoms with Crippen LogP contribution in [0.15, 0.2) is 35.4 Å². The Morgan fingerprint density at radius 3 is 2.83 bits per heavy atom. The molecule has 0 bridgehead atoms. The van der Waals surface area contributed by atoms with E-state index in [1.165, 1.54) is 5.56 Å². The second-order valence-electron chi connectivity index (χ2n) is 4.82. The lowest BCUT2D eigenvalue weighted by Gasteiger charge is -2.09. The molecule has 7 heteroatoms. The van der Waals surface area contributed by atoms with Gasteiger partial charge in [0.15, 0.2) is 5.82 Å². The first kappa shape index (κ1) is 16.8. The number of hydrogen-bond donors (Lipinski definition) is 4. The van der Waals surface area contributed by atoms with E-state index in [4.69, 9.17) is 9.90 Å². The smallest absolute Gasteiger partial charge is 0.290 e. The number of thiol groups is 1. The van der Waals surface area contributed by atoms with E-state index < -0.39 is 0 Å². The number of rotatable bonds is 3. The number of anilines is 2. The minimum absolute atomic E-state index is 0.250. The number of pyridine rings is 1. The molecule has 0 radical (unpaired) electrons. The fourth-order valence-corrected chi connectivity index (χ4v) is 2.56. The zero-order valence-electron chi connectivity index (χ0n) is 12.9. The number of nitrogens with one attached hydrogen (secondary N) is 2. The summed E-state index contributed by atoms with van der Waals surface area (Å²) in [5.41, 5.74) is 4.24. The Labute approximate surface area is 139 Å². The van der Waals surface area contributed by atoms with Crippen molar-refractivity contribution in [2.75, 3.05) is 5.32 Å². The Balaban J connectivity index is 0.000000595. The van der Waals surface area contributed by atoms with Gasteiger partial charge in [-0.1, -0.05) is 6.92 Å². The molecule has 0 unspecified atom stereocenters. The predicted molar refractivity (Wildman–Crippen MR) is 93.7 cm³/mol. The molecule has 0 fully saturated rings. The highest BCUT2D eigenvalue weighted by Crippen LogP contribution is 2.28. The lowest BCUT2D eigenvalue weighted by molar-refractivity contribution is -0.122. The topological polar surface area (TPSA) is 90.9 Å². The van der Waals surface area contributed by atoms with Crippen LogP contribution in [0.25, 0.3) is 10.9 Å². The lowest BCUT2D eigenvalue weighted by atomic mass is 10.1. The van der Waals surface area contributed by atoms with Crippen LogP contribution in [0.3, 0.4) is 0 Å². The number of carboxylic acid groups (broad SMARTS) is 1. The number of H-pyrrole nitrogens is 1. The van der Waals surface area contributed by atoms with Crippen LogP contribution in [0.4, 0.5) is 11.5 Å². The highest BCUT2D eigenvalue weighted by molar-refractivity contribution is 7.80. The van der Waals surface area contributed by atoms with E-state index >= 15 is 0 Å². The van der Waals surface area contributed by atoms with Crippen molar-refractivity contribution in [3.63, 3.8) is 0 Å². The van der Waals surface area contributed by atoms with Crippen molar-refractivity contribution >= 4 is 41.5 Å². The van der Waals surface area contributed by atoms with Crippen molar-refractivity contribution in [2.45, 2.75) is 25.2 Å². The number of aromatic nitrogens is 3. The molecule has 3 aromatic rings. The summed E-state index contributed by atoms with van der Waals surface area (Å²) in [6.45, 7) is 3.91. The second-order valence-corrected chi connectivity index (χ2v) is 5.34. The average Bonchev–Trinajstić information content (AvgIpc) is 2.88. The first-order valence-electron chi connectivity index (χ1n) is 7.07. The minimum Gasteiger partial charge on any atom is -0.483 e. The van der Waals surface area contributed by atoms with Gasteiger partial charge >= 0.3 is 0 Å². The number of fused-ring (bicyclic) bond motifs is 1. The largest absolute Gasteiger partial charge is 0.483 e. The summed E-state index contributed by atoms with van der Waals surface area (Å²) in [5, 5.41) is 18.7. The van der Waals surface area contributed by atoms with Crippen molar-refractivity contribution in [1.82, 2.24) is 15.2 Å². The van der Waals surface area contributed by atoms with Gasteiger partial charge in [-0.3, -0.25) is 14.9 Å². The number of benzene rings is 1. The number of aromatic amines is 1. The summed E-state index contributed by atoms with van der Waals surface area (Å²) in [5.74, 6) is 0.877. The van der Waals surface area contributed by atoms with Crippen LogP contribution < -0.4 is 5.32 Å². The molecule has 0 amide bonds. The van der Waals surface area contributed by atoms with Crippen molar-refractivity contribution in [1.29, 1.82) is 0 Å². The first-order valence-corrected chi connectivity index (χ1v) is 7.51. The normalized spacial score (nSPS) is 10.0. The molecule has 0 saturated heterocycles. The molecule has 3 N–H and O–H groups in total. The number of hydrogen-bond acceptors (Lipinski definition) is 5. The van der Waals surface area contributed by atoms with Crippen LogP contribution in [-0.2, 0) is 11.2 Å². The van der Waals surface area contributed by atoms with Crippen LogP contribution in [0.1, 0.15) is 18.2 Å². The Hall–Kier alpha value is -2.54. The van der Waals surface area contributed by atoms with Crippen LogP contribution in [0.5, 0.6) is 0 Å². The lowest BCUT2D eigenvalue weighted by Crippen LogP contribution is -1.96. The molecule has 1 aromatic carbocycles. The van der Waals surface area contributed by atoms with E-state index in [2.05, 4.69) is 40.1 Å². The number of aryl methyl sites for hydroxylation is 1. The van der Waals surface area contributed by atoms with Crippen molar-refractivity contribution in [2.24, 2.45) is 0 Å². The molecule has 0 spiro atoms. The third kappa shape index (κ3) is 3.81. The molecule has 0 saturated carbocycles. The Morgan fingerprint density at radius 2 is 2.13 bits per heavy atom. The summed E-state index contributed by atoms with van der Waals surface area (Å²) in [6, 6.07) is 7.88. The fourth-order valence-electron chi connectivity index (χ4n) is 2.36. The average molecular weight is 330 g/mol.